The number of hydrogen-bond donors (Lipinski definition) is 1. The monoisotopic (exact) mass is 249 g/mol. The van der Waals surface area contributed by atoms with Crippen molar-refractivity contribution in [1.82, 2.24) is 0 Å². The maximum atomic E-state index is 11.3. The van der Waals surface area contributed by atoms with Crippen molar-refractivity contribution in [2.24, 2.45) is 5.41 Å². The largest absolute Gasteiger partial charge is 0.497 e. The summed E-state index contributed by atoms with van der Waals surface area (Å²) in [6.45, 7) is 6.17. The van der Waals surface area contributed by atoms with Gasteiger partial charge in [0.05, 0.1) is 18.4 Å². The molecule has 98 valence electrons. The van der Waals surface area contributed by atoms with Crippen LogP contribution in [0, 0.1) is 5.41 Å². The van der Waals surface area contributed by atoms with Crippen LogP contribution in [-0.4, -0.2) is 31.3 Å². The lowest BCUT2D eigenvalue weighted by Crippen LogP contribution is -2.24. The van der Waals surface area contributed by atoms with Gasteiger partial charge in [-0.15, -0.1) is 0 Å². The molecule has 1 aliphatic rings. The van der Waals surface area contributed by atoms with Gasteiger partial charge >= 0.3 is 5.97 Å². The summed E-state index contributed by atoms with van der Waals surface area (Å²) in [5.41, 5.74) is 1.33. The number of methoxy groups -OCH3 is 1. The van der Waals surface area contributed by atoms with Gasteiger partial charge in [-0.2, -0.15) is 0 Å². The Morgan fingerprint density at radius 3 is 2.67 bits per heavy atom. The van der Waals surface area contributed by atoms with Gasteiger partial charge in [0.25, 0.3) is 0 Å². The number of hydrogen-bond acceptors (Lipinski definition) is 3. The van der Waals surface area contributed by atoms with E-state index in [9.17, 15) is 9.90 Å². The van der Waals surface area contributed by atoms with Crippen LogP contribution < -0.4 is 9.64 Å². The molecule has 1 aliphatic heterocycles. The fourth-order valence-electron chi connectivity index (χ4n) is 2.40. The van der Waals surface area contributed by atoms with Crippen molar-refractivity contribution >= 4 is 11.7 Å². The molecule has 0 aliphatic carbocycles. The summed E-state index contributed by atoms with van der Waals surface area (Å²) in [5.74, 6) is -0.197. The van der Waals surface area contributed by atoms with Crippen molar-refractivity contribution in [3.8, 4) is 5.75 Å². The van der Waals surface area contributed by atoms with Gasteiger partial charge in [0, 0.05) is 19.2 Å². The third-order valence-electron chi connectivity index (χ3n) is 3.45. The smallest absolute Gasteiger partial charge is 0.337 e. The molecular formula is C14H19NO3. The Labute approximate surface area is 107 Å². The number of aromatic carboxylic acids is 1. The first-order valence-electron chi connectivity index (χ1n) is 6.09. The topological polar surface area (TPSA) is 49.8 Å². The lowest BCUT2D eigenvalue weighted by molar-refractivity contribution is 0.0697. The van der Waals surface area contributed by atoms with E-state index in [1.807, 2.05) is 6.07 Å². The zero-order chi connectivity index (χ0) is 13.3. The highest BCUT2D eigenvalue weighted by molar-refractivity contribution is 5.95. The maximum Gasteiger partial charge on any atom is 0.337 e. The van der Waals surface area contributed by atoms with Crippen molar-refractivity contribution in [2.45, 2.75) is 20.3 Å². The highest BCUT2D eigenvalue weighted by Gasteiger charge is 2.31. The van der Waals surface area contributed by atoms with Crippen LogP contribution in [0.5, 0.6) is 5.75 Å². The second kappa shape index (κ2) is 4.52. The number of nitrogens with zero attached hydrogens (tertiary/aromatic N) is 1. The number of benzene rings is 1. The Balaban J connectivity index is 2.38. The van der Waals surface area contributed by atoms with E-state index >= 15 is 0 Å². The minimum absolute atomic E-state index is 0.235. The van der Waals surface area contributed by atoms with Gasteiger partial charge in [0.15, 0.2) is 0 Å². The van der Waals surface area contributed by atoms with Gasteiger partial charge in [0.2, 0.25) is 0 Å². The van der Waals surface area contributed by atoms with E-state index in [2.05, 4.69) is 18.7 Å². The maximum absolute atomic E-state index is 11.3. The van der Waals surface area contributed by atoms with Crippen LogP contribution in [0.1, 0.15) is 30.6 Å². The normalized spacial score (nSPS) is 17.8. The molecule has 1 aromatic rings. The van der Waals surface area contributed by atoms with E-state index in [1.54, 1.807) is 19.2 Å². The standard InChI is InChI=1S/C14H19NO3/c1-14(2)6-7-15(9-14)12-8-10(18-3)4-5-11(12)13(16)17/h4-5,8H,6-7,9H2,1-3H3,(H,16,17). The molecule has 0 saturated carbocycles. The summed E-state index contributed by atoms with van der Waals surface area (Å²) in [7, 11) is 1.59. The summed E-state index contributed by atoms with van der Waals surface area (Å²) >= 11 is 0. The van der Waals surface area contributed by atoms with E-state index in [-0.39, 0.29) is 5.41 Å². The van der Waals surface area contributed by atoms with Gasteiger partial charge in [-0.3, -0.25) is 0 Å². The molecule has 0 aromatic heterocycles. The molecule has 1 fully saturated rings. The van der Waals surface area contributed by atoms with Crippen molar-refractivity contribution in [1.29, 1.82) is 0 Å². The Morgan fingerprint density at radius 2 is 2.17 bits per heavy atom. The number of carbonyl (C=O) groups is 1. The van der Waals surface area contributed by atoms with Crippen molar-refractivity contribution in [3.63, 3.8) is 0 Å². The zero-order valence-corrected chi connectivity index (χ0v) is 11.1. The summed E-state index contributed by atoms with van der Waals surface area (Å²) in [5, 5.41) is 9.25. The average molecular weight is 249 g/mol. The molecule has 4 heteroatoms. The van der Waals surface area contributed by atoms with Crippen LogP contribution in [0.3, 0.4) is 0 Å². The van der Waals surface area contributed by atoms with E-state index < -0.39 is 5.97 Å². The minimum Gasteiger partial charge on any atom is -0.497 e. The molecule has 1 aromatic carbocycles. The molecule has 0 spiro atoms. The first-order chi connectivity index (χ1) is 8.43. The average Bonchev–Trinajstić information content (AvgIpc) is 2.68. The zero-order valence-electron chi connectivity index (χ0n) is 11.1. The molecule has 18 heavy (non-hydrogen) atoms. The van der Waals surface area contributed by atoms with Crippen LogP contribution in [-0.2, 0) is 0 Å². The third-order valence-corrected chi connectivity index (χ3v) is 3.45. The van der Waals surface area contributed by atoms with Crippen LogP contribution in [0.15, 0.2) is 18.2 Å². The molecular weight excluding hydrogens is 230 g/mol. The summed E-state index contributed by atoms with van der Waals surface area (Å²) in [6.07, 6.45) is 1.07. The number of anilines is 1. The Hall–Kier alpha value is -1.71. The first-order valence-corrected chi connectivity index (χ1v) is 6.09. The van der Waals surface area contributed by atoms with E-state index in [0.717, 1.165) is 25.2 Å². The summed E-state index contributed by atoms with van der Waals surface area (Å²) < 4.78 is 5.18. The Morgan fingerprint density at radius 1 is 1.44 bits per heavy atom. The van der Waals surface area contributed by atoms with Crippen LogP contribution in [0.4, 0.5) is 5.69 Å². The van der Waals surface area contributed by atoms with E-state index in [1.165, 1.54) is 0 Å². The molecule has 4 nitrogen and oxygen atoms in total. The Kier molecular flexibility index (Phi) is 3.20. The summed E-state index contributed by atoms with van der Waals surface area (Å²) in [6, 6.07) is 5.11. The first kappa shape index (κ1) is 12.7. The fraction of sp³-hybridized carbons (Fsp3) is 0.500. The molecule has 2 rings (SSSR count). The summed E-state index contributed by atoms with van der Waals surface area (Å²) in [4.78, 5) is 13.4. The van der Waals surface area contributed by atoms with Crippen molar-refractivity contribution in [3.05, 3.63) is 23.8 Å². The van der Waals surface area contributed by atoms with Crippen LogP contribution >= 0.6 is 0 Å². The molecule has 0 radical (unpaired) electrons. The lowest BCUT2D eigenvalue weighted by Gasteiger charge is -2.23. The minimum atomic E-state index is -0.891. The van der Waals surface area contributed by atoms with Gasteiger partial charge in [-0.05, 0) is 24.0 Å². The number of carboxylic acids is 1. The highest BCUT2D eigenvalue weighted by Crippen LogP contribution is 2.35. The van der Waals surface area contributed by atoms with Crippen LogP contribution in [0.2, 0.25) is 0 Å². The van der Waals surface area contributed by atoms with Crippen LogP contribution in [0.25, 0.3) is 0 Å². The second-order valence-corrected chi connectivity index (χ2v) is 5.52. The van der Waals surface area contributed by atoms with Gasteiger partial charge in [0.1, 0.15) is 5.75 Å². The van der Waals surface area contributed by atoms with E-state index in [4.69, 9.17) is 4.74 Å². The Bertz CT molecular complexity index is 468. The molecule has 1 N–H and O–H groups in total. The molecule has 1 heterocycles. The van der Waals surface area contributed by atoms with Gasteiger partial charge in [-0.1, -0.05) is 13.8 Å². The molecule has 1 saturated heterocycles. The lowest BCUT2D eigenvalue weighted by atomic mass is 9.93. The molecule has 0 amide bonds. The fourth-order valence-corrected chi connectivity index (χ4v) is 2.40. The highest BCUT2D eigenvalue weighted by atomic mass is 16.5. The second-order valence-electron chi connectivity index (χ2n) is 5.52. The van der Waals surface area contributed by atoms with Crippen molar-refractivity contribution < 1.29 is 14.6 Å². The molecule has 0 bridgehead atoms. The van der Waals surface area contributed by atoms with Gasteiger partial charge < -0.3 is 14.7 Å². The SMILES string of the molecule is COc1ccc(C(=O)O)c(N2CCC(C)(C)C2)c1. The molecule has 0 unspecified atom stereocenters. The van der Waals surface area contributed by atoms with E-state index in [0.29, 0.717) is 11.3 Å². The van der Waals surface area contributed by atoms with Gasteiger partial charge in [-0.25, -0.2) is 4.79 Å². The third kappa shape index (κ3) is 2.42. The quantitative estimate of drug-likeness (QED) is 0.894. The number of ether oxygens (including phenoxy) is 1. The predicted molar refractivity (Wildman–Crippen MR) is 70.6 cm³/mol. The number of carboxylic acid groups (broad SMARTS) is 1. The number of rotatable bonds is 3. The van der Waals surface area contributed by atoms with Crippen molar-refractivity contribution in [2.75, 3.05) is 25.1 Å². The predicted octanol–water partition coefficient (Wildman–Crippen LogP) is 2.63. The molecule has 0 atom stereocenters.